The van der Waals surface area contributed by atoms with Crippen LogP contribution in [0.15, 0.2) is 0 Å². The minimum atomic E-state index is 0. The van der Waals surface area contributed by atoms with Gasteiger partial charge in [0, 0.05) is 0 Å². The molecule has 88 valence electrons. The van der Waals surface area contributed by atoms with Crippen LogP contribution in [0.25, 0.3) is 0 Å². The summed E-state index contributed by atoms with van der Waals surface area (Å²) in [6.07, 6.45) is 11.4. The Hall–Kier alpha value is -0.0800. The molecular weight excluding hydrogens is 172 g/mol. The Kier molecular flexibility index (Phi) is 15.1. The van der Waals surface area contributed by atoms with E-state index in [1.165, 1.54) is 57.9 Å². The van der Waals surface area contributed by atoms with E-state index in [4.69, 9.17) is 0 Å². The van der Waals surface area contributed by atoms with Crippen LogP contribution in [0.3, 0.4) is 0 Å². The number of hydrogen-bond acceptors (Lipinski definition) is 2. The molecule has 0 fully saturated rings. The summed E-state index contributed by atoms with van der Waals surface area (Å²) in [6, 6.07) is 0. The Morgan fingerprint density at radius 2 is 1.14 bits per heavy atom. The number of nitrogens with zero attached hydrogens (tertiary/aromatic N) is 1. The van der Waals surface area contributed by atoms with Crippen LogP contribution in [0, 0.1) is 0 Å². The molecule has 0 aromatic carbocycles. The van der Waals surface area contributed by atoms with Gasteiger partial charge in [-0.25, -0.2) is 0 Å². The fourth-order valence-electron chi connectivity index (χ4n) is 1.56. The first kappa shape index (κ1) is 16.4. The van der Waals surface area contributed by atoms with E-state index in [0.717, 1.165) is 0 Å². The highest BCUT2D eigenvalue weighted by Crippen LogP contribution is 2.08. The van der Waals surface area contributed by atoms with Crippen molar-refractivity contribution in [3.63, 3.8) is 0 Å². The molecule has 0 atom stereocenters. The molecule has 0 bridgehead atoms. The lowest BCUT2D eigenvalue weighted by atomic mass is 10.1. The van der Waals surface area contributed by atoms with Gasteiger partial charge in [0.2, 0.25) is 0 Å². The van der Waals surface area contributed by atoms with Gasteiger partial charge in [-0.3, -0.25) is 0 Å². The van der Waals surface area contributed by atoms with Gasteiger partial charge in [0.1, 0.15) is 0 Å². The van der Waals surface area contributed by atoms with Crippen LogP contribution in [-0.4, -0.2) is 25.5 Å². The van der Waals surface area contributed by atoms with Crippen molar-refractivity contribution in [2.45, 2.75) is 58.3 Å². The standard InChI is InChI=1S/C12H27N.H3N/c1-4-5-6-7-8-9-10-11-12-13(2)3;/h4-12H2,1-3H3;1H3. The molecule has 0 radical (unpaired) electrons. The molecule has 0 aromatic heterocycles. The highest BCUT2D eigenvalue weighted by atomic mass is 15.0. The highest BCUT2D eigenvalue weighted by Gasteiger charge is 1.92. The van der Waals surface area contributed by atoms with E-state index in [0.29, 0.717) is 0 Å². The van der Waals surface area contributed by atoms with Crippen LogP contribution >= 0.6 is 0 Å². The lowest BCUT2D eigenvalue weighted by molar-refractivity contribution is 0.389. The lowest BCUT2D eigenvalue weighted by Crippen LogP contribution is -2.12. The molecule has 0 amide bonds. The minimum absolute atomic E-state index is 0. The van der Waals surface area contributed by atoms with Gasteiger partial charge in [0.05, 0.1) is 0 Å². The topological polar surface area (TPSA) is 38.2 Å². The normalized spacial score (nSPS) is 10.3. The predicted molar refractivity (Wildman–Crippen MR) is 66.2 cm³/mol. The molecule has 0 heterocycles. The molecule has 0 aliphatic carbocycles. The number of hydrogen-bond donors (Lipinski definition) is 1. The third kappa shape index (κ3) is 14.4. The maximum Gasteiger partial charge on any atom is -0.00248 e. The highest BCUT2D eigenvalue weighted by molar-refractivity contribution is 4.48. The van der Waals surface area contributed by atoms with Crippen LogP contribution in [0.5, 0.6) is 0 Å². The fourth-order valence-corrected chi connectivity index (χ4v) is 1.56. The third-order valence-electron chi connectivity index (χ3n) is 2.46. The van der Waals surface area contributed by atoms with Gasteiger partial charge in [0.25, 0.3) is 0 Å². The number of unbranched alkanes of at least 4 members (excludes halogenated alkanes) is 7. The summed E-state index contributed by atoms with van der Waals surface area (Å²) >= 11 is 0. The smallest absolute Gasteiger partial charge is 0.00248 e. The SMILES string of the molecule is CCCCCCCCCCN(C)C.N. The van der Waals surface area contributed by atoms with E-state index in [-0.39, 0.29) is 6.15 Å². The lowest BCUT2D eigenvalue weighted by Gasteiger charge is -2.08. The molecule has 14 heavy (non-hydrogen) atoms. The molecule has 0 aliphatic heterocycles. The van der Waals surface area contributed by atoms with E-state index < -0.39 is 0 Å². The Bertz CT molecular complexity index is 92.3. The van der Waals surface area contributed by atoms with Crippen molar-refractivity contribution in [3.05, 3.63) is 0 Å². The summed E-state index contributed by atoms with van der Waals surface area (Å²) in [7, 11) is 4.31. The van der Waals surface area contributed by atoms with E-state index >= 15 is 0 Å². The summed E-state index contributed by atoms with van der Waals surface area (Å²) in [4.78, 5) is 2.27. The van der Waals surface area contributed by atoms with Crippen molar-refractivity contribution in [1.29, 1.82) is 0 Å². The van der Waals surface area contributed by atoms with E-state index in [2.05, 4.69) is 25.9 Å². The van der Waals surface area contributed by atoms with Crippen LogP contribution in [0.2, 0.25) is 0 Å². The summed E-state index contributed by atoms with van der Waals surface area (Å²) in [5.74, 6) is 0. The quantitative estimate of drug-likeness (QED) is 0.577. The van der Waals surface area contributed by atoms with Crippen molar-refractivity contribution in [1.82, 2.24) is 11.1 Å². The van der Waals surface area contributed by atoms with Gasteiger partial charge in [-0.15, -0.1) is 0 Å². The van der Waals surface area contributed by atoms with Gasteiger partial charge in [-0.1, -0.05) is 51.9 Å². The molecular formula is C12H30N2. The van der Waals surface area contributed by atoms with Crippen molar-refractivity contribution in [3.8, 4) is 0 Å². The first-order chi connectivity index (χ1) is 6.27. The average molecular weight is 202 g/mol. The molecule has 2 heteroatoms. The van der Waals surface area contributed by atoms with Gasteiger partial charge >= 0.3 is 0 Å². The molecule has 0 saturated heterocycles. The Morgan fingerprint density at radius 1 is 0.714 bits per heavy atom. The summed E-state index contributed by atoms with van der Waals surface area (Å²) in [5, 5.41) is 0. The summed E-state index contributed by atoms with van der Waals surface area (Å²) in [5.41, 5.74) is 0. The zero-order valence-electron chi connectivity index (χ0n) is 10.5. The Balaban J connectivity index is 0. The second kappa shape index (κ2) is 12.9. The van der Waals surface area contributed by atoms with E-state index in [1.54, 1.807) is 0 Å². The van der Waals surface area contributed by atoms with Gasteiger partial charge in [-0.2, -0.15) is 0 Å². The van der Waals surface area contributed by atoms with E-state index in [9.17, 15) is 0 Å². The molecule has 0 rings (SSSR count). The molecule has 0 aromatic rings. The van der Waals surface area contributed by atoms with E-state index in [1.807, 2.05) is 0 Å². The monoisotopic (exact) mass is 202 g/mol. The Morgan fingerprint density at radius 3 is 1.57 bits per heavy atom. The molecule has 0 unspecified atom stereocenters. The molecule has 0 aliphatic rings. The second-order valence-electron chi connectivity index (χ2n) is 4.28. The summed E-state index contributed by atoms with van der Waals surface area (Å²) in [6.45, 7) is 3.53. The zero-order valence-corrected chi connectivity index (χ0v) is 10.5. The van der Waals surface area contributed by atoms with Crippen LogP contribution in [0.1, 0.15) is 58.3 Å². The first-order valence-corrected chi connectivity index (χ1v) is 5.92. The first-order valence-electron chi connectivity index (χ1n) is 5.92. The fraction of sp³-hybridized carbons (Fsp3) is 1.00. The molecule has 2 nitrogen and oxygen atoms in total. The van der Waals surface area contributed by atoms with Gasteiger partial charge in [-0.05, 0) is 27.1 Å². The third-order valence-corrected chi connectivity index (χ3v) is 2.46. The zero-order chi connectivity index (χ0) is 9.94. The van der Waals surface area contributed by atoms with Crippen LogP contribution < -0.4 is 6.15 Å². The summed E-state index contributed by atoms with van der Waals surface area (Å²) < 4.78 is 0. The molecule has 0 spiro atoms. The van der Waals surface area contributed by atoms with Crippen LogP contribution in [0.4, 0.5) is 0 Å². The maximum atomic E-state index is 2.27. The second-order valence-corrected chi connectivity index (χ2v) is 4.28. The van der Waals surface area contributed by atoms with Crippen molar-refractivity contribution < 1.29 is 0 Å². The predicted octanol–water partition coefficient (Wildman–Crippen LogP) is 3.85. The largest absolute Gasteiger partial charge is 0.344 e. The Labute approximate surface area is 90.6 Å². The average Bonchev–Trinajstić information content (AvgIpc) is 2.09. The van der Waals surface area contributed by atoms with Gasteiger partial charge < -0.3 is 11.1 Å². The van der Waals surface area contributed by atoms with Crippen LogP contribution in [-0.2, 0) is 0 Å². The molecule has 3 N–H and O–H groups in total. The van der Waals surface area contributed by atoms with Gasteiger partial charge in [0.15, 0.2) is 0 Å². The minimum Gasteiger partial charge on any atom is -0.344 e. The number of rotatable bonds is 9. The van der Waals surface area contributed by atoms with Crippen molar-refractivity contribution in [2.75, 3.05) is 20.6 Å². The maximum absolute atomic E-state index is 2.27. The van der Waals surface area contributed by atoms with Crippen molar-refractivity contribution >= 4 is 0 Å². The molecule has 0 saturated carbocycles. The van der Waals surface area contributed by atoms with Crippen molar-refractivity contribution in [2.24, 2.45) is 0 Å².